The van der Waals surface area contributed by atoms with E-state index in [2.05, 4.69) is 39.3 Å². The second-order valence-electron chi connectivity index (χ2n) is 6.39. The summed E-state index contributed by atoms with van der Waals surface area (Å²) in [6.45, 7) is 5.08. The maximum absolute atomic E-state index is 11.8. The zero-order chi connectivity index (χ0) is 17.2. The molecule has 0 aliphatic heterocycles. The minimum Gasteiger partial charge on any atom is -0.309 e. The smallest absolute Gasteiger partial charge is 0.214 e. The summed E-state index contributed by atoms with van der Waals surface area (Å²) < 4.78 is 28.3. The van der Waals surface area contributed by atoms with E-state index in [-0.39, 0.29) is 11.3 Å². The molecule has 0 saturated heterocycles. The third kappa shape index (κ3) is 4.23. The lowest BCUT2D eigenvalue weighted by molar-refractivity contribution is 0.524. The molecule has 1 heterocycles. The summed E-state index contributed by atoms with van der Waals surface area (Å²) in [5, 5.41) is 3.19. The zero-order valence-corrected chi connectivity index (χ0v) is 14.9. The molecule has 3 rings (SSSR count). The van der Waals surface area contributed by atoms with Gasteiger partial charge in [-0.3, -0.25) is 0 Å². The molecule has 1 aromatic heterocycles. The van der Waals surface area contributed by atoms with Crippen LogP contribution in [0.5, 0.6) is 0 Å². The minimum absolute atomic E-state index is 0.0779. The Morgan fingerprint density at radius 1 is 1.29 bits per heavy atom. The molecule has 0 bridgehead atoms. The Hall–Kier alpha value is -1.70. The van der Waals surface area contributed by atoms with E-state index in [1.807, 2.05) is 24.6 Å². The number of aryl methyl sites for hydroxylation is 1. The maximum Gasteiger partial charge on any atom is 0.214 e. The second kappa shape index (κ2) is 7.04. The van der Waals surface area contributed by atoms with Crippen molar-refractivity contribution < 1.29 is 8.42 Å². The number of nitrogens with zero attached hydrogens (tertiary/aromatic N) is 2. The number of imidazole rings is 1. The summed E-state index contributed by atoms with van der Waals surface area (Å²) in [7, 11) is -3.10. The normalized spacial score (nSPS) is 16.2. The van der Waals surface area contributed by atoms with Crippen LogP contribution in [-0.4, -0.2) is 35.8 Å². The van der Waals surface area contributed by atoms with Crippen molar-refractivity contribution in [2.45, 2.75) is 44.5 Å². The number of benzene rings is 1. The van der Waals surface area contributed by atoms with Crippen molar-refractivity contribution in [3.8, 4) is 5.69 Å². The van der Waals surface area contributed by atoms with Crippen LogP contribution in [0.3, 0.4) is 0 Å². The number of nitrogens with one attached hydrogen (secondary N) is 2. The molecule has 24 heavy (non-hydrogen) atoms. The van der Waals surface area contributed by atoms with Gasteiger partial charge in [0.25, 0.3) is 0 Å². The Balaban J connectivity index is 1.48. The van der Waals surface area contributed by atoms with E-state index in [0.29, 0.717) is 13.1 Å². The molecule has 1 aliphatic carbocycles. The van der Waals surface area contributed by atoms with Gasteiger partial charge in [0, 0.05) is 37.2 Å². The summed E-state index contributed by atoms with van der Waals surface area (Å²) in [5.41, 5.74) is 2.24. The Morgan fingerprint density at radius 2 is 2.00 bits per heavy atom. The molecule has 0 spiro atoms. The van der Waals surface area contributed by atoms with Gasteiger partial charge in [0.1, 0.15) is 5.82 Å². The molecule has 2 aromatic rings. The monoisotopic (exact) mass is 348 g/mol. The van der Waals surface area contributed by atoms with Gasteiger partial charge in [-0.25, -0.2) is 18.1 Å². The molecule has 0 amide bonds. The first kappa shape index (κ1) is 17.1. The van der Waals surface area contributed by atoms with Gasteiger partial charge in [0.15, 0.2) is 0 Å². The first-order chi connectivity index (χ1) is 11.5. The number of sulfonamides is 1. The van der Waals surface area contributed by atoms with E-state index in [9.17, 15) is 8.42 Å². The van der Waals surface area contributed by atoms with Crippen molar-refractivity contribution in [3.05, 3.63) is 48.0 Å². The third-order valence-corrected chi connectivity index (χ3v) is 6.17. The van der Waals surface area contributed by atoms with Crippen LogP contribution in [0.1, 0.15) is 31.2 Å². The van der Waals surface area contributed by atoms with Crippen molar-refractivity contribution >= 4 is 10.0 Å². The van der Waals surface area contributed by atoms with Crippen LogP contribution in [0.2, 0.25) is 0 Å². The van der Waals surface area contributed by atoms with Crippen molar-refractivity contribution in [2.24, 2.45) is 0 Å². The minimum atomic E-state index is -3.10. The average molecular weight is 348 g/mol. The lowest BCUT2D eigenvalue weighted by atomic mass is 10.2. The Morgan fingerprint density at radius 3 is 2.58 bits per heavy atom. The first-order valence-electron chi connectivity index (χ1n) is 8.27. The van der Waals surface area contributed by atoms with E-state index in [0.717, 1.165) is 29.9 Å². The number of aromatic nitrogens is 2. The van der Waals surface area contributed by atoms with Gasteiger partial charge < -0.3 is 9.88 Å². The fourth-order valence-electron chi connectivity index (χ4n) is 2.53. The molecule has 1 aromatic carbocycles. The fourth-order valence-corrected chi connectivity index (χ4v) is 4.00. The van der Waals surface area contributed by atoms with Crippen LogP contribution >= 0.6 is 0 Å². The molecule has 1 fully saturated rings. The van der Waals surface area contributed by atoms with Gasteiger partial charge in [-0.05, 0) is 44.4 Å². The fraction of sp³-hybridized carbons (Fsp3) is 0.471. The molecule has 0 unspecified atom stereocenters. The van der Waals surface area contributed by atoms with E-state index in [1.54, 1.807) is 6.20 Å². The third-order valence-electron chi connectivity index (χ3n) is 4.25. The summed E-state index contributed by atoms with van der Waals surface area (Å²) in [6.07, 6.45) is 5.31. The molecule has 1 aliphatic rings. The second-order valence-corrected chi connectivity index (χ2v) is 8.43. The molecule has 6 nitrogen and oxygen atoms in total. The van der Waals surface area contributed by atoms with Crippen LogP contribution in [0.25, 0.3) is 5.69 Å². The first-order valence-corrected chi connectivity index (χ1v) is 9.81. The predicted molar refractivity (Wildman–Crippen MR) is 94.5 cm³/mol. The molecule has 7 heteroatoms. The molecule has 0 radical (unpaired) electrons. The Kier molecular flexibility index (Phi) is 5.03. The quantitative estimate of drug-likeness (QED) is 0.762. The predicted octanol–water partition coefficient (Wildman–Crippen LogP) is 1.74. The largest absolute Gasteiger partial charge is 0.309 e. The summed E-state index contributed by atoms with van der Waals surface area (Å²) in [4.78, 5) is 4.23. The SMILES string of the molecule is Cc1nccn1-c1ccc(CN[C@H](C)CNS(=O)(=O)C2CC2)cc1. The lowest BCUT2D eigenvalue weighted by Crippen LogP contribution is -2.39. The van der Waals surface area contributed by atoms with Crippen molar-refractivity contribution in [3.63, 3.8) is 0 Å². The number of hydrogen-bond acceptors (Lipinski definition) is 4. The van der Waals surface area contributed by atoms with Crippen LogP contribution in [0, 0.1) is 6.92 Å². The van der Waals surface area contributed by atoms with Gasteiger partial charge in [-0.1, -0.05) is 12.1 Å². The van der Waals surface area contributed by atoms with Crippen molar-refractivity contribution in [1.29, 1.82) is 0 Å². The molecule has 1 atom stereocenters. The van der Waals surface area contributed by atoms with Crippen LogP contribution in [0.4, 0.5) is 0 Å². The molecule has 1 saturated carbocycles. The van der Waals surface area contributed by atoms with E-state index in [4.69, 9.17) is 0 Å². The van der Waals surface area contributed by atoms with Gasteiger partial charge >= 0.3 is 0 Å². The van der Waals surface area contributed by atoms with Gasteiger partial charge in [-0.2, -0.15) is 0 Å². The molecule has 2 N–H and O–H groups in total. The molecular formula is C17H24N4O2S. The highest BCUT2D eigenvalue weighted by Gasteiger charge is 2.35. The highest BCUT2D eigenvalue weighted by atomic mass is 32.2. The summed E-state index contributed by atoms with van der Waals surface area (Å²) >= 11 is 0. The number of hydrogen-bond donors (Lipinski definition) is 2. The molecular weight excluding hydrogens is 324 g/mol. The van der Waals surface area contributed by atoms with Crippen LogP contribution in [-0.2, 0) is 16.6 Å². The van der Waals surface area contributed by atoms with E-state index >= 15 is 0 Å². The van der Waals surface area contributed by atoms with Gasteiger partial charge in [0.2, 0.25) is 10.0 Å². The van der Waals surface area contributed by atoms with Gasteiger partial charge in [-0.15, -0.1) is 0 Å². The highest BCUT2D eigenvalue weighted by molar-refractivity contribution is 7.90. The van der Waals surface area contributed by atoms with Crippen LogP contribution in [0.15, 0.2) is 36.7 Å². The van der Waals surface area contributed by atoms with Crippen LogP contribution < -0.4 is 10.0 Å². The van der Waals surface area contributed by atoms with Crippen molar-refractivity contribution in [2.75, 3.05) is 6.54 Å². The van der Waals surface area contributed by atoms with Crippen molar-refractivity contribution in [1.82, 2.24) is 19.6 Å². The zero-order valence-electron chi connectivity index (χ0n) is 14.1. The topological polar surface area (TPSA) is 76.0 Å². The average Bonchev–Trinajstić information content (AvgIpc) is 3.35. The maximum atomic E-state index is 11.8. The highest BCUT2D eigenvalue weighted by Crippen LogP contribution is 2.27. The standard InChI is InChI=1S/C17H24N4O2S/c1-13(11-20-24(22,23)17-7-8-17)19-12-15-3-5-16(6-4-15)21-10-9-18-14(21)2/h3-6,9-10,13,17,19-20H,7-8,11-12H2,1-2H3/t13-/m1/s1. The number of rotatable bonds is 8. The Bertz CT molecular complexity index is 779. The van der Waals surface area contributed by atoms with E-state index < -0.39 is 10.0 Å². The summed E-state index contributed by atoms with van der Waals surface area (Å²) in [5.74, 6) is 0.956. The Labute approximate surface area is 143 Å². The lowest BCUT2D eigenvalue weighted by Gasteiger charge is -2.15. The summed E-state index contributed by atoms with van der Waals surface area (Å²) in [6, 6.07) is 8.35. The van der Waals surface area contributed by atoms with Gasteiger partial charge in [0.05, 0.1) is 5.25 Å². The molecule has 130 valence electrons. The van der Waals surface area contributed by atoms with E-state index in [1.165, 1.54) is 0 Å².